The molecule has 0 aliphatic heterocycles. The molecule has 11 rings (SSSR count). The highest BCUT2D eigenvalue weighted by Crippen LogP contribution is 2.58. The van der Waals surface area contributed by atoms with Crippen molar-refractivity contribution in [2.75, 3.05) is 4.90 Å². The molecule has 0 amide bonds. The van der Waals surface area contributed by atoms with Crippen LogP contribution in [0.2, 0.25) is 0 Å². The molecular formula is C51H47NO. The molecule has 53 heavy (non-hydrogen) atoms. The van der Waals surface area contributed by atoms with Gasteiger partial charge >= 0.3 is 0 Å². The molecule has 6 aromatic carbocycles. The lowest BCUT2D eigenvalue weighted by Crippen LogP contribution is -2.28. The van der Waals surface area contributed by atoms with Gasteiger partial charge in [0.25, 0.3) is 0 Å². The Hall–Kier alpha value is -5.08. The van der Waals surface area contributed by atoms with E-state index in [1.54, 1.807) is 5.56 Å². The first-order chi connectivity index (χ1) is 26.0. The van der Waals surface area contributed by atoms with Gasteiger partial charge in [0.2, 0.25) is 0 Å². The minimum atomic E-state index is -0.0880. The van der Waals surface area contributed by atoms with Crippen molar-refractivity contribution in [1.82, 2.24) is 0 Å². The van der Waals surface area contributed by atoms with Crippen LogP contribution in [0.3, 0.4) is 0 Å². The zero-order chi connectivity index (χ0) is 35.3. The highest BCUT2D eigenvalue weighted by Gasteiger charge is 2.44. The maximum absolute atomic E-state index is 6.78. The lowest BCUT2D eigenvalue weighted by atomic mass is 9.68. The summed E-state index contributed by atoms with van der Waals surface area (Å²) in [5, 5.41) is 2.56. The van der Waals surface area contributed by atoms with Gasteiger partial charge in [-0.3, -0.25) is 0 Å². The number of nitrogens with zero attached hydrogens (tertiary/aromatic N) is 1. The summed E-state index contributed by atoms with van der Waals surface area (Å²) < 4.78 is 6.78. The number of furan rings is 1. The maximum atomic E-state index is 6.78. The normalized spacial score (nSPS) is 18.2. The minimum absolute atomic E-state index is 0.0867. The molecule has 2 fully saturated rings. The highest BCUT2D eigenvalue weighted by atomic mass is 16.3. The third kappa shape index (κ3) is 4.57. The van der Waals surface area contributed by atoms with E-state index >= 15 is 0 Å². The summed E-state index contributed by atoms with van der Waals surface area (Å²) in [5.74, 6) is 0.530. The van der Waals surface area contributed by atoms with Crippen LogP contribution in [0, 0.1) is 0 Å². The summed E-state index contributed by atoms with van der Waals surface area (Å²) in [4.78, 5) is 2.57. The van der Waals surface area contributed by atoms with E-state index in [0.29, 0.717) is 5.92 Å². The molecule has 1 heterocycles. The highest BCUT2D eigenvalue weighted by molar-refractivity contribution is 6.08. The van der Waals surface area contributed by atoms with Crippen LogP contribution < -0.4 is 4.90 Å². The zero-order valence-electron chi connectivity index (χ0n) is 31.1. The number of hydrogen-bond donors (Lipinski definition) is 0. The fourth-order valence-corrected chi connectivity index (χ4v) is 11.3. The van der Waals surface area contributed by atoms with Crippen LogP contribution in [0.5, 0.6) is 0 Å². The number of anilines is 3. The average molecular weight is 690 g/mol. The number of fused-ring (bicyclic) bond motifs is 11. The number of para-hydroxylation sites is 1. The third-order valence-corrected chi connectivity index (χ3v) is 13.8. The molecule has 0 unspecified atom stereocenters. The van der Waals surface area contributed by atoms with Crippen LogP contribution >= 0.6 is 0 Å². The Balaban J connectivity index is 1.16. The van der Waals surface area contributed by atoms with Crippen LogP contribution in [-0.2, 0) is 10.8 Å². The summed E-state index contributed by atoms with van der Waals surface area (Å²) in [5.41, 5.74) is 18.5. The van der Waals surface area contributed by atoms with Crippen LogP contribution in [-0.4, -0.2) is 0 Å². The van der Waals surface area contributed by atoms with Crippen molar-refractivity contribution in [3.63, 3.8) is 0 Å². The standard InChI is InChI=1S/C51H47NO/c1-50(2)43-20-10-7-17-37(43)39-25-23-34(30-45(39)50)52(35-24-26-40-38-18-8-11-21-44(38)51(46(40)31-35)27-13-4-14-28-51)36-29-42(33-15-5-3-6-16-33)49-41-19-9-12-22-47(41)53-48(49)32-36/h7-12,17-26,29-33H,3-6,13-16,27-28H2,1-2H3. The first kappa shape index (κ1) is 31.4. The van der Waals surface area contributed by atoms with E-state index in [1.165, 1.54) is 137 Å². The first-order valence-corrected chi connectivity index (χ1v) is 20.3. The van der Waals surface area contributed by atoms with Gasteiger partial charge in [-0.15, -0.1) is 0 Å². The maximum Gasteiger partial charge on any atom is 0.137 e. The molecule has 1 spiro atoms. The van der Waals surface area contributed by atoms with Gasteiger partial charge in [-0.2, -0.15) is 0 Å². The molecule has 2 heteroatoms. The second-order valence-corrected chi connectivity index (χ2v) is 17.0. The molecule has 2 nitrogen and oxygen atoms in total. The van der Waals surface area contributed by atoms with Crippen molar-refractivity contribution < 1.29 is 4.42 Å². The van der Waals surface area contributed by atoms with Crippen molar-refractivity contribution in [3.8, 4) is 22.3 Å². The van der Waals surface area contributed by atoms with Gasteiger partial charge in [0, 0.05) is 39.0 Å². The van der Waals surface area contributed by atoms with Crippen LogP contribution in [0.4, 0.5) is 17.1 Å². The third-order valence-electron chi connectivity index (χ3n) is 13.8. The van der Waals surface area contributed by atoms with Gasteiger partial charge in [-0.1, -0.05) is 131 Å². The summed E-state index contributed by atoms with van der Waals surface area (Å²) in [6.45, 7) is 4.79. The van der Waals surface area contributed by atoms with Crippen molar-refractivity contribution >= 4 is 39.0 Å². The van der Waals surface area contributed by atoms with E-state index in [4.69, 9.17) is 4.42 Å². The number of rotatable bonds is 4. The Morgan fingerprint density at radius 1 is 0.509 bits per heavy atom. The predicted octanol–water partition coefficient (Wildman–Crippen LogP) is 14.6. The summed E-state index contributed by atoms with van der Waals surface area (Å²) >= 11 is 0. The van der Waals surface area contributed by atoms with Gasteiger partial charge in [-0.25, -0.2) is 0 Å². The molecule has 4 aliphatic rings. The van der Waals surface area contributed by atoms with E-state index < -0.39 is 0 Å². The van der Waals surface area contributed by atoms with E-state index in [1.807, 2.05) is 0 Å². The van der Waals surface area contributed by atoms with Crippen LogP contribution in [0.25, 0.3) is 44.2 Å². The topological polar surface area (TPSA) is 16.4 Å². The SMILES string of the molecule is CC1(C)c2ccccc2-c2ccc(N(c3ccc4c(c3)C3(CCCCC3)c3ccccc3-4)c3cc(C4CCCCC4)c4c(c3)oc3ccccc34)cc21. The van der Waals surface area contributed by atoms with Crippen LogP contribution in [0.1, 0.15) is 112 Å². The summed E-state index contributed by atoms with van der Waals surface area (Å²) in [6, 6.07) is 46.5. The fraction of sp³-hybridized carbons (Fsp3) is 0.294. The van der Waals surface area contributed by atoms with Gasteiger partial charge in [-0.05, 0) is 118 Å². The number of benzene rings is 6. The molecule has 7 aromatic rings. The molecule has 1 aromatic heterocycles. The molecule has 262 valence electrons. The Morgan fingerprint density at radius 2 is 1.11 bits per heavy atom. The van der Waals surface area contributed by atoms with E-state index in [0.717, 1.165) is 11.2 Å². The lowest BCUT2D eigenvalue weighted by Gasteiger charge is -2.37. The average Bonchev–Trinajstić information content (AvgIpc) is 3.79. The molecule has 0 radical (unpaired) electrons. The van der Waals surface area contributed by atoms with E-state index in [-0.39, 0.29) is 10.8 Å². The second kappa shape index (κ2) is 11.7. The molecule has 0 saturated heterocycles. The Labute approximate surface area is 313 Å². The summed E-state index contributed by atoms with van der Waals surface area (Å²) in [6.07, 6.45) is 12.8. The lowest BCUT2D eigenvalue weighted by molar-refractivity contribution is 0.353. The minimum Gasteiger partial charge on any atom is -0.456 e. The number of hydrogen-bond acceptors (Lipinski definition) is 2. The van der Waals surface area contributed by atoms with Crippen LogP contribution in [0.15, 0.2) is 126 Å². The summed E-state index contributed by atoms with van der Waals surface area (Å²) in [7, 11) is 0. The largest absolute Gasteiger partial charge is 0.456 e. The molecule has 0 bridgehead atoms. The molecule has 0 atom stereocenters. The molecule has 4 aliphatic carbocycles. The van der Waals surface area contributed by atoms with Crippen molar-refractivity contribution in [3.05, 3.63) is 149 Å². The monoisotopic (exact) mass is 689 g/mol. The molecule has 2 saturated carbocycles. The van der Waals surface area contributed by atoms with Crippen molar-refractivity contribution in [2.24, 2.45) is 0 Å². The zero-order valence-corrected chi connectivity index (χ0v) is 31.1. The van der Waals surface area contributed by atoms with Crippen molar-refractivity contribution in [1.29, 1.82) is 0 Å². The quantitative estimate of drug-likeness (QED) is 0.183. The van der Waals surface area contributed by atoms with E-state index in [9.17, 15) is 0 Å². The van der Waals surface area contributed by atoms with E-state index in [2.05, 4.69) is 140 Å². The van der Waals surface area contributed by atoms with Gasteiger partial charge in [0.05, 0.1) is 5.69 Å². The predicted molar refractivity (Wildman–Crippen MR) is 221 cm³/mol. The Morgan fingerprint density at radius 3 is 1.89 bits per heavy atom. The molecular weight excluding hydrogens is 643 g/mol. The van der Waals surface area contributed by atoms with Gasteiger partial charge in [0.15, 0.2) is 0 Å². The smallest absolute Gasteiger partial charge is 0.137 e. The Bertz CT molecular complexity index is 2570. The second-order valence-electron chi connectivity index (χ2n) is 17.0. The molecule has 0 N–H and O–H groups in total. The fourth-order valence-electron chi connectivity index (χ4n) is 11.3. The van der Waals surface area contributed by atoms with Crippen molar-refractivity contribution in [2.45, 2.75) is 94.8 Å². The first-order valence-electron chi connectivity index (χ1n) is 20.3. The Kier molecular flexibility index (Phi) is 6.95. The van der Waals surface area contributed by atoms with Gasteiger partial charge < -0.3 is 9.32 Å². The van der Waals surface area contributed by atoms with Gasteiger partial charge in [0.1, 0.15) is 11.2 Å².